The first-order valence-corrected chi connectivity index (χ1v) is 8.13. The Morgan fingerprint density at radius 1 is 1.26 bits per heavy atom. The second-order valence-corrected chi connectivity index (χ2v) is 5.98. The van der Waals surface area contributed by atoms with Gasteiger partial charge in [-0.15, -0.1) is 35.7 Å². The normalized spacial score (nSPS) is 10.8. The fourth-order valence-electron chi connectivity index (χ4n) is 1.78. The maximum atomic E-state index is 6.06. The lowest BCUT2D eigenvalue weighted by molar-refractivity contribution is 0.415. The van der Waals surface area contributed by atoms with Gasteiger partial charge >= 0.3 is 0 Å². The maximum Gasteiger partial charge on any atom is 0.193 e. The molecular weight excluding hydrogens is 445 g/mol. The van der Waals surface area contributed by atoms with E-state index in [9.17, 15) is 0 Å². The number of halogens is 2. The van der Waals surface area contributed by atoms with Crippen molar-refractivity contribution in [3.8, 4) is 5.75 Å². The van der Waals surface area contributed by atoms with Crippen LogP contribution in [0.3, 0.4) is 0 Å². The van der Waals surface area contributed by atoms with Gasteiger partial charge in [0.2, 0.25) is 0 Å². The standard InChI is InChI=1S/C16H18ClN3OS.HI/c1-21-15-8-7-12(11-14(15)17)20-16(18)19-9-10-22-13-5-3-2-4-6-13;/h2-8,11H,9-10H2,1H3,(H3,18,19,20);1H. The summed E-state index contributed by atoms with van der Waals surface area (Å²) in [6.45, 7) is 0.641. The van der Waals surface area contributed by atoms with Crippen molar-refractivity contribution in [2.45, 2.75) is 4.90 Å². The summed E-state index contributed by atoms with van der Waals surface area (Å²) in [6, 6.07) is 15.6. The van der Waals surface area contributed by atoms with Crippen LogP contribution in [0.15, 0.2) is 58.4 Å². The summed E-state index contributed by atoms with van der Waals surface area (Å²) in [7, 11) is 1.58. The Balaban J connectivity index is 0.00000264. The number of thioether (sulfide) groups is 1. The number of ether oxygens (including phenoxy) is 1. The van der Waals surface area contributed by atoms with Crippen molar-refractivity contribution in [2.75, 3.05) is 24.7 Å². The van der Waals surface area contributed by atoms with E-state index in [4.69, 9.17) is 22.1 Å². The zero-order valence-corrected chi connectivity index (χ0v) is 16.6. The molecule has 4 nitrogen and oxygen atoms in total. The lowest BCUT2D eigenvalue weighted by Gasteiger charge is -2.08. The first-order chi connectivity index (χ1) is 10.7. The molecular formula is C16H19ClIN3OS. The van der Waals surface area contributed by atoms with Crippen LogP contribution in [0.1, 0.15) is 0 Å². The number of aliphatic imine (C=N–C) groups is 1. The number of methoxy groups -OCH3 is 1. The molecule has 0 heterocycles. The summed E-state index contributed by atoms with van der Waals surface area (Å²) in [4.78, 5) is 5.52. The summed E-state index contributed by atoms with van der Waals surface area (Å²) in [5, 5.41) is 3.54. The van der Waals surface area contributed by atoms with Crippen LogP contribution < -0.4 is 15.8 Å². The molecule has 23 heavy (non-hydrogen) atoms. The van der Waals surface area contributed by atoms with Crippen molar-refractivity contribution in [2.24, 2.45) is 10.7 Å². The largest absolute Gasteiger partial charge is 0.495 e. The monoisotopic (exact) mass is 463 g/mol. The molecule has 7 heteroatoms. The zero-order chi connectivity index (χ0) is 15.8. The minimum absolute atomic E-state index is 0. The van der Waals surface area contributed by atoms with Crippen molar-refractivity contribution in [1.29, 1.82) is 0 Å². The Bertz CT molecular complexity index is 640. The first-order valence-electron chi connectivity index (χ1n) is 6.77. The molecule has 0 aliphatic carbocycles. The van der Waals surface area contributed by atoms with Gasteiger partial charge in [0, 0.05) is 16.3 Å². The molecule has 2 aromatic rings. The molecule has 0 radical (unpaired) electrons. The van der Waals surface area contributed by atoms with Gasteiger partial charge in [0.05, 0.1) is 18.7 Å². The highest BCUT2D eigenvalue weighted by atomic mass is 127. The van der Waals surface area contributed by atoms with E-state index in [-0.39, 0.29) is 24.0 Å². The molecule has 0 saturated heterocycles. The molecule has 0 aromatic heterocycles. The van der Waals surface area contributed by atoms with Crippen molar-refractivity contribution in [3.05, 3.63) is 53.6 Å². The summed E-state index contributed by atoms with van der Waals surface area (Å²) < 4.78 is 5.10. The van der Waals surface area contributed by atoms with Crippen molar-refractivity contribution >= 4 is 59.0 Å². The average Bonchev–Trinajstić information content (AvgIpc) is 2.53. The molecule has 2 aromatic carbocycles. The number of nitrogens with zero attached hydrogens (tertiary/aromatic N) is 1. The molecule has 0 unspecified atom stereocenters. The second-order valence-electron chi connectivity index (χ2n) is 4.40. The number of nitrogens with two attached hydrogens (primary N) is 1. The lowest BCUT2D eigenvalue weighted by Crippen LogP contribution is -2.23. The second kappa shape index (κ2) is 10.6. The van der Waals surface area contributed by atoms with Crippen LogP contribution in [0.4, 0.5) is 5.69 Å². The van der Waals surface area contributed by atoms with Gasteiger partial charge in [-0.25, -0.2) is 0 Å². The Hall–Kier alpha value is -1.12. The third-order valence-corrected chi connectivity index (χ3v) is 4.10. The van der Waals surface area contributed by atoms with Gasteiger partial charge in [-0.2, -0.15) is 0 Å². The Kier molecular flexibility index (Phi) is 9.20. The van der Waals surface area contributed by atoms with E-state index < -0.39 is 0 Å². The summed E-state index contributed by atoms with van der Waals surface area (Å²) in [6.07, 6.45) is 0. The predicted octanol–water partition coefficient (Wildman–Crippen LogP) is 4.49. The minimum atomic E-state index is 0. The maximum absolute atomic E-state index is 6.06. The Morgan fingerprint density at radius 3 is 2.65 bits per heavy atom. The van der Waals surface area contributed by atoms with Gasteiger partial charge in [0.1, 0.15) is 5.75 Å². The number of nitrogens with one attached hydrogen (secondary N) is 1. The fraction of sp³-hybridized carbons (Fsp3) is 0.188. The molecule has 0 amide bonds. The number of hydrogen-bond donors (Lipinski definition) is 2. The fourth-order valence-corrected chi connectivity index (χ4v) is 2.80. The third-order valence-electron chi connectivity index (χ3n) is 2.81. The topological polar surface area (TPSA) is 59.6 Å². The molecule has 0 aliphatic rings. The van der Waals surface area contributed by atoms with Gasteiger partial charge in [-0.1, -0.05) is 29.8 Å². The van der Waals surface area contributed by atoms with Gasteiger partial charge in [0.15, 0.2) is 5.96 Å². The predicted molar refractivity (Wildman–Crippen MR) is 111 cm³/mol. The SMILES string of the molecule is COc1ccc(NC(N)=NCCSc2ccccc2)cc1Cl.I. The molecule has 3 N–H and O–H groups in total. The molecule has 0 atom stereocenters. The quantitative estimate of drug-likeness (QED) is 0.218. The highest BCUT2D eigenvalue weighted by molar-refractivity contribution is 14.0. The Morgan fingerprint density at radius 2 is 2.00 bits per heavy atom. The molecule has 0 saturated carbocycles. The van der Waals surface area contributed by atoms with E-state index in [0.29, 0.717) is 23.3 Å². The first kappa shape index (κ1) is 19.9. The van der Waals surface area contributed by atoms with E-state index >= 15 is 0 Å². The van der Waals surface area contributed by atoms with Crippen LogP contribution in [0.5, 0.6) is 5.75 Å². The third kappa shape index (κ3) is 6.88. The Labute approximate surface area is 162 Å². The highest BCUT2D eigenvalue weighted by Gasteiger charge is 2.02. The highest BCUT2D eigenvalue weighted by Crippen LogP contribution is 2.27. The summed E-state index contributed by atoms with van der Waals surface area (Å²) in [5.41, 5.74) is 6.64. The number of rotatable bonds is 6. The number of anilines is 1. The molecule has 0 fully saturated rings. The smallest absolute Gasteiger partial charge is 0.193 e. The van der Waals surface area contributed by atoms with Crippen molar-refractivity contribution in [1.82, 2.24) is 0 Å². The van der Waals surface area contributed by atoms with E-state index in [1.165, 1.54) is 4.90 Å². The van der Waals surface area contributed by atoms with E-state index in [2.05, 4.69) is 22.4 Å². The average molecular weight is 464 g/mol. The summed E-state index contributed by atoms with van der Waals surface area (Å²) in [5.74, 6) is 1.87. The van der Waals surface area contributed by atoms with Crippen LogP contribution in [0.2, 0.25) is 5.02 Å². The van der Waals surface area contributed by atoms with Crippen molar-refractivity contribution in [3.63, 3.8) is 0 Å². The van der Waals surface area contributed by atoms with Gasteiger partial charge in [-0.05, 0) is 30.3 Å². The van der Waals surface area contributed by atoms with Gasteiger partial charge in [-0.3, -0.25) is 4.99 Å². The number of guanidine groups is 1. The van der Waals surface area contributed by atoms with Crippen LogP contribution in [-0.4, -0.2) is 25.4 Å². The minimum Gasteiger partial charge on any atom is -0.495 e. The van der Waals surface area contributed by atoms with E-state index in [1.54, 1.807) is 31.0 Å². The molecule has 0 bridgehead atoms. The van der Waals surface area contributed by atoms with Crippen LogP contribution in [0, 0.1) is 0 Å². The van der Waals surface area contributed by atoms with E-state index in [0.717, 1.165) is 11.4 Å². The van der Waals surface area contributed by atoms with Gasteiger partial charge in [0.25, 0.3) is 0 Å². The van der Waals surface area contributed by atoms with Crippen LogP contribution >= 0.6 is 47.3 Å². The molecule has 0 spiro atoms. The lowest BCUT2D eigenvalue weighted by atomic mass is 10.3. The molecule has 0 aliphatic heterocycles. The van der Waals surface area contributed by atoms with E-state index in [1.807, 2.05) is 24.3 Å². The van der Waals surface area contributed by atoms with Crippen molar-refractivity contribution < 1.29 is 4.74 Å². The van der Waals surface area contributed by atoms with Crippen LogP contribution in [-0.2, 0) is 0 Å². The number of benzene rings is 2. The summed E-state index contributed by atoms with van der Waals surface area (Å²) >= 11 is 7.81. The zero-order valence-electron chi connectivity index (χ0n) is 12.7. The molecule has 2 rings (SSSR count). The van der Waals surface area contributed by atoms with Crippen LogP contribution in [0.25, 0.3) is 0 Å². The van der Waals surface area contributed by atoms with Gasteiger partial charge < -0.3 is 15.8 Å². The molecule has 124 valence electrons. The number of hydrogen-bond acceptors (Lipinski definition) is 3.